The zero-order chi connectivity index (χ0) is 11.5. The lowest BCUT2D eigenvalue weighted by Crippen LogP contribution is -2.49. The van der Waals surface area contributed by atoms with Crippen LogP contribution in [0.1, 0.15) is 50.0 Å². The molecule has 1 aromatic heterocycles. The second-order valence-electron chi connectivity index (χ2n) is 6.66. The monoisotopic (exact) mass is 231 g/mol. The number of nitrogens with one attached hydrogen (secondary N) is 1. The Hall–Kier alpha value is -0.830. The molecule has 3 nitrogen and oxygen atoms in total. The third-order valence-corrected chi connectivity index (χ3v) is 5.39. The van der Waals surface area contributed by atoms with Gasteiger partial charge in [0.1, 0.15) is 5.82 Å². The summed E-state index contributed by atoms with van der Waals surface area (Å²) < 4.78 is 0. The molecule has 3 N–H and O–H groups in total. The highest BCUT2D eigenvalue weighted by molar-refractivity contribution is 5.19. The van der Waals surface area contributed by atoms with E-state index in [9.17, 15) is 0 Å². The topological polar surface area (TPSA) is 54.7 Å². The van der Waals surface area contributed by atoms with E-state index >= 15 is 0 Å². The second kappa shape index (κ2) is 3.35. The normalized spacial score (nSPS) is 43.2. The largest absolute Gasteiger partial charge is 0.344 e. The molecule has 0 unspecified atom stereocenters. The summed E-state index contributed by atoms with van der Waals surface area (Å²) in [7, 11) is 0. The van der Waals surface area contributed by atoms with Gasteiger partial charge in [-0.1, -0.05) is 0 Å². The first kappa shape index (κ1) is 10.1. The number of aromatic amines is 1. The minimum Gasteiger partial charge on any atom is -0.344 e. The molecule has 0 radical (unpaired) electrons. The maximum Gasteiger partial charge on any atom is 0.112 e. The van der Waals surface area contributed by atoms with Crippen molar-refractivity contribution < 1.29 is 0 Å². The van der Waals surface area contributed by atoms with Crippen molar-refractivity contribution in [1.82, 2.24) is 9.97 Å². The molecule has 4 fully saturated rings. The van der Waals surface area contributed by atoms with Gasteiger partial charge in [-0.05, 0) is 56.3 Å². The van der Waals surface area contributed by atoms with Crippen LogP contribution in [0.2, 0.25) is 0 Å². The number of hydrogen-bond donors (Lipinski definition) is 2. The van der Waals surface area contributed by atoms with Crippen molar-refractivity contribution in [3.05, 3.63) is 17.7 Å². The fraction of sp³-hybridized carbons (Fsp3) is 0.786. The summed E-state index contributed by atoms with van der Waals surface area (Å²) in [6.45, 7) is 0.583. The van der Waals surface area contributed by atoms with Crippen molar-refractivity contribution in [3.8, 4) is 0 Å². The van der Waals surface area contributed by atoms with Crippen LogP contribution in [0.4, 0.5) is 0 Å². The summed E-state index contributed by atoms with van der Waals surface area (Å²) in [5.41, 5.74) is 7.17. The van der Waals surface area contributed by atoms with Crippen LogP contribution in [0.5, 0.6) is 0 Å². The highest BCUT2D eigenvalue weighted by Gasteiger charge is 2.52. The Bertz CT molecular complexity index is 399. The fourth-order valence-corrected chi connectivity index (χ4v) is 5.13. The maximum absolute atomic E-state index is 5.68. The first-order valence-electron chi connectivity index (χ1n) is 7.02. The SMILES string of the molecule is NCc1cnc(C23CC4CC(CC(C4)C2)C3)[nH]1. The van der Waals surface area contributed by atoms with E-state index in [0.717, 1.165) is 23.4 Å². The highest BCUT2D eigenvalue weighted by atomic mass is 15.0. The Morgan fingerprint density at radius 2 is 1.76 bits per heavy atom. The molecule has 0 spiro atoms. The average molecular weight is 231 g/mol. The van der Waals surface area contributed by atoms with Crippen LogP contribution in [-0.4, -0.2) is 9.97 Å². The Morgan fingerprint density at radius 3 is 2.24 bits per heavy atom. The van der Waals surface area contributed by atoms with E-state index in [0.29, 0.717) is 12.0 Å². The van der Waals surface area contributed by atoms with Crippen LogP contribution in [0.25, 0.3) is 0 Å². The van der Waals surface area contributed by atoms with Gasteiger partial charge in [-0.15, -0.1) is 0 Å². The van der Waals surface area contributed by atoms with E-state index in [1.54, 1.807) is 0 Å². The number of hydrogen-bond acceptors (Lipinski definition) is 2. The molecule has 0 aliphatic heterocycles. The Kier molecular flexibility index (Phi) is 1.99. The molecule has 1 aromatic rings. The first-order valence-corrected chi connectivity index (χ1v) is 7.02. The zero-order valence-electron chi connectivity index (χ0n) is 10.3. The predicted molar refractivity (Wildman–Crippen MR) is 66.3 cm³/mol. The van der Waals surface area contributed by atoms with Crippen LogP contribution in [0, 0.1) is 17.8 Å². The molecule has 0 aromatic carbocycles. The molecule has 4 bridgehead atoms. The number of aromatic nitrogens is 2. The van der Waals surface area contributed by atoms with Gasteiger partial charge < -0.3 is 10.7 Å². The summed E-state index contributed by atoms with van der Waals surface area (Å²) in [4.78, 5) is 8.13. The number of rotatable bonds is 2. The molecule has 1 heterocycles. The molecule has 92 valence electrons. The highest BCUT2D eigenvalue weighted by Crippen LogP contribution is 2.60. The minimum absolute atomic E-state index is 0.391. The summed E-state index contributed by atoms with van der Waals surface area (Å²) in [6.07, 6.45) is 10.5. The summed E-state index contributed by atoms with van der Waals surface area (Å²) in [5.74, 6) is 4.19. The van der Waals surface area contributed by atoms with Gasteiger partial charge in [-0.3, -0.25) is 0 Å². The van der Waals surface area contributed by atoms with E-state index < -0.39 is 0 Å². The smallest absolute Gasteiger partial charge is 0.112 e. The zero-order valence-corrected chi connectivity index (χ0v) is 10.3. The van der Waals surface area contributed by atoms with Crippen molar-refractivity contribution >= 4 is 0 Å². The van der Waals surface area contributed by atoms with Gasteiger partial charge in [-0.2, -0.15) is 0 Å². The van der Waals surface area contributed by atoms with Gasteiger partial charge >= 0.3 is 0 Å². The van der Waals surface area contributed by atoms with E-state index in [2.05, 4.69) is 9.97 Å². The molecule has 5 rings (SSSR count). The number of nitrogens with zero attached hydrogens (tertiary/aromatic N) is 1. The number of imidazole rings is 1. The lowest BCUT2D eigenvalue weighted by Gasteiger charge is -2.56. The second-order valence-corrected chi connectivity index (χ2v) is 6.66. The van der Waals surface area contributed by atoms with Crippen LogP contribution in [0.15, 0.2) is 6.20 Å². The van der Waals surface area contributed by atoms with E-state index in [4.69, 9.17) is 5.73 Å². The minimum atomic E-state index is 0.391. The average Bonchev–Trinajstić information content (AvgIpc) is 2.76. The molecular weight excluding hydrogens is 210 g/mol. The van der Waals surface area contributed by atoms with E-state index in [1.807, 2.05) is 6.20 Å². The summed E-state index contributed by atoms with van der Waals surface area (Å²) in [6, 6.07) is 0. The molecule has 4 aliphatic carbocycles. The van der Waals surface area contributed by atoms with Crippen molar-refractivity contribution in [2.75, 3.05) is 0 Å². The molecule has 0 amide bonds. The molecule has 0 atom stereocenters. The molecule has 4 aliphatic rings. The lowest BCUT2D eigenvalue weighted by atomic mass is 9.49. The lowest BCUT2D eigenvalue weighted by molar-refractivity contribution is -0.00905. The van der Waals surface area contributed by atoms with Gasteiger partial charge in [0.2, 0.25) is 0 Å². The van der Waals surface area contributed by atoms with Gasteiger partial charge in [0.05, 0.1) is 0 Å². The fourth-order valence-electron chi connectivity index (χ4n) is 5.13. The van der Waals surface area contributed by atoms with Gasteiger partial charge in [0.25, 0.3) is 0 Å². The number of H-pyrrole nitrogens is 1. The first-order chi connectivity index (χ1) is 8.27. The van der Waals surface area contributed by atoms with Crippen molar-refractivity contribution in [1.29, 1.82) is 0 Å². The molecule has 17 heavy (non-hydrogen) atoms. The van der Waals surface area contributed by atoms with Crippen LogP contribution >= 0.6 is 0 Å². The molecule has 3 heteroatoms. The predicted octanol–water partition coefficient (Wildman–Crippen LogP) is 2.34. The van der Waals surface area contributed by atoms with Gasteiger partial charge in [-0.25, -0.2) is 4.98 Å². The van der Waals surface area contributed by atoms with Crippen molar-refractivity contribution in [2.24, 2.45) is 23.5 Å². The van der Waals surface area contributed by atoms with Gasteiger partial charge in [0, 0.05) is 23.9 Å². The Balaban J connectivity index is 1.72. The summed E-state index contributed by atoms with van der Waals surface area (Å²) >= 11 is 0. The molecule has 4 saturated carbocycles. The van der Waals surface area contributed by atoms with Gasteiger partial charge in [0.15, 0.2) is 0 Å². The van der Waals surface area contributed by atoms with Crippen LogP contribution in [0.3, 0.4) is 0 Å². The van der Waals surface area contributed by atoms with Crippen LogP contribution in [-0.2, 0) is 12.0 Å². The van der Waals surface area contributed by atoms with Crippen molar-refractivity contribution in [2.45, 2.75) is 50.5 Å². The standard InChI is InChI=1S/C14H21N3/c15-7-12-8-16-13(17-12)14-4-9-1-10(5-14)3-11(2-9)6-14/h8-11H,1-7,15H2,(H,16,17). The Morgan fingerprint density at radius 1 is 1.18 bits per heavy atom. The summed E-state index contributed by atoms with van der Waals surface area (Å²) in [5, 5.41) is 0. The van der Waals surface area contributed by atoms with Crippen LogP contribution < -0.4 is 5.73 Å². The molecule has 0 saturated heterocycles. The quantitative estimate of drug-likeness (QED) is 0.820. The molecular formula is C14H21N3. The van der Waals surface area contributed by atoms with E-state index in [-0.39, 0.29) is 0 Å². The Labute approximate surface area is 102 Å². The number of nitrogens with two attached hydrogens (primary N) is 1. The third kappa shape index (κ3) is 1.41. The van der Waals surface area contributed by atoms with E-state index in [1.165, 1.54) is 44.3 Å². The third-order valence-electron chi connectivity index (χ3n) is 5.39. The maximum atomic E-state index is 5.68. The van der Waals surface area contributed by atoms with Crippen molar-refractivity contribution in [3.63, 3.8) is 0 Å².